The molecule has 1 N–H and O–H groups in total. The third-order valence-corrected chi connectivity index (χ3v) is 7.88. The quantitative estimate of drug-likeness (QED) is 0.363. The van der Waals surface area contributed by atoms with Gasteiger partial charge < -0.3 is 9.84 Å². The molecule has 0 amide bonds. The molecular weight excluding hydrogens is 439 g/mol. The molecule has 0 heterocycles. The van der Waals surface area contributed by atoms with Crippen LogP contribution in [0.4, 0.5) is 4.39 Å². The second-order valence-corrected chi connectivity index (χ2v) is 10.7. The molecule has 0 bridgehead atoms. The molecule has 0 saturated heterocycles. The lowest BCUT2D eigenvalue weighted by molar-refractivity contribution is -0.137. The van der Waals surface area contributed by atoms with Gasteiger partial charge in [-0.3, -0.25) is 4.79 Å². The average molecular weight is 475 g/mol. The first-order valence-corrected chi connectivity index (χ1v) is 12.5. The molecule has 4 heteroatoms. The zero-order valence-corrected chi connectivity index (χ0v) is 21.1. The molecule has 0 aromatic heterocycles. The molecule has 1 unspecified atom stereocenters. The Bertz CT molecular complexity index is 1180. The van der Waals surface area contributed by atoms with Crippen molar-refractivity contribution in [2.45, 2.75) is 76.7 Å². The van der Waals surface area contributed by atoms with Crippen LogP contribution >= 0.6 is 0 Å². The van der Waals surface area contributed by atoms with Crippen LogP contribution in [0.3, 0.4) is 0 Å². The number of ether oxygens (including phenoxy) is 1. The Morgan fingerprint density at radius 1 is 0.943 bits per heavy atom. The first-order valence-electron chi connectivity index (χ1n) is 12.5. The number of hydrogen-bond donors (Lipinski definition) is 1. The topological polar surface area (TPSA) is 46.5 Å². The van der Waals surface area contributed by atoms with Crippen molar-refractivity contribution >= 4 is 5.97 Å². The molecule has 0 aliphatic heterocycles. The van der Waals surface area contributed by atoms with E-state index in [4.69, 9.17) is 4.74 Å². The van der Waals surface area contributed by atoms with E-state index < -0.39 is 5.97 Å². The van der Waals surface area contributed by atoms with E-state index in [-0.39, 0.29) is 29.0 Å². The Morgan fingerprint density at radius 2 is 1.57 bits per heavy atom. The zero-order valence-electron chi connectivity index (χ0n) is 21.1. The monoisotopic (exact) mass is 474 g/mol. The highest BCUT2D eigenvalue weighted by Crippen LogP contribution is 2.47. The second kappa shape index (κ2) is 9.85. The molecule has 0 fully saturated rings. The summed E-state index contributed by atoms with van der Waals surface area (Å²) in [6.07, 6.45) is 3.45. The largest absolute Gasteiger partial charge is 0.489 e. The van der Waals surface area contributed by atoms with Gasteiger partial charge in [-0.25, -0.2) is 4.39 Å². The first-order chi connectivity index (χ1) is 16.6. The molecule has 3 aromatic carbocycles. The first kappa shape index (κ1) is 25.0. The van der Waals surface area contributed by atoms with Crippen molar-refractivity contribution in [3.05, 3.63) is 100 Å². The fraction of sp³-hybridized carbons (Fsp3) is 0.387. The fourth-order valence-corrected chi connectivity index (χ4v) is 5.26. The Morgan fingerprint density at radius 3 is 2.17 bits per heavy atom. The van der Waals surface area contributed by atoms with Gasteiger partial charge >= 0.3 is 5.97 Å². The van der Waals surface area contributed by atoms with Gasteiger partial charge in [0.1, 0.15) is 18.2 Å². The van der Waals surface area contributed by atoms with Crippen molar-refractivity contribution < 1.29 is 19.0 Å². The maximum Gasteiger partial charge on any atom is 0.304 e. The van der Waals surface area contributed by atoms with Gasteiger partial charge in [-0.2, -0.15) is 0 Å². The molecular formula is C31H35FO3. The Kier molecular flexibility index (Phi) is 7.02. The lowest BCUT2D eigenvalue weighted by Crippen LogP contribution is -2.35. The summed E-state index contributed by atoms with van der Waals surface area (Å²) in [5, 5.41) is 9.40. The minimum atomic E-state index is -0.894. The summed E-state index contributed by atoms with van der Waals surface area (Å²) in [4.78, 5) is 11.5. The van der Waals surface area contributed by atoms with Gasteiger partial charge in [0.15, 0.2) is 0 Å². The molecule has 0 spiro atoms. The standard InChI is InChI=1S/C31H35FO3/c1-5-31(4)17-16-30(2,3)27-15-6-21(18-28(27)31)20-35-25-13-9-23(10-14-25)26(19-29(33)34)22-7-11-24(32)12-8-22/h6-15,18,26H,5,16-17,19-20H2,1-4H3,(H,33,34)/t26-,31?/m1/s1. The molecule has 0 radical (unpaired) electrons. The van der Waals surface area contributed by atoms with E-state index in [2.05, 4.69) is 45.9 Å². The summed E-state index contributed by atoms with van der Waals surface area (Å²) in [5.74, 6) is -0.845. The van der Waals surface area contributed by atoms with E-state index in [0.717, 1.165) is 28.9 Å². The number of halogens is 1. The van der Waals surface area contributed by atoms with E-state index >= 15 is 0 Å². The predicted octanol–water partition coefficient (Wildman–Crippen LogP) is 7.75. The van der Waals surface area contributed by atoms with Crippen molar-refractivity contribution in [1.82, 2.24) is 0 Å². The second-order valence-electron chi connectivity index (χ2n) is 10.7. The minimum Gasteiger partial charge on any atom is -0.489 e. The van der Waals surface area contributed by atoms with E-state index in [9.17, 15) is 14.3 Å². The summed E-state index contributed by atoms with van der Waals surface area (Å²) in [6.45, 7) is 9.80. The lowest BCUT2D eigenvalue weighted by atomic mass is 9.61. The highest BCUT2D eigenvalue weighted by atomic mass is 19.1. The molecule has 2 atom stereocenters. The van der Waals surface area contributed by atoms with Crippen LogP contribution in [0, 0.1) is 5.82 Å². The van der Waals surface area contributed by atoms with Gasteiger partial charge in [-0.1, -0.05) is 70.2 Å². The number of carboxylic acid groups (broad SMARTS) is 1. The van der Waals surface area contributed by atoms with Crippen molar-refractivity contribution in [3.63, 3.8) is 0 Å². The normalized spacial score (nSPS) is 19.6. The van der Waals surface area contributed by atoms with Crippen LogP contribution in [0.15, 0.2) is 66.7 Å². The van der Waals surface area contributed by atoms with Crippen molar-refractivity contribution in [2.24, 2.45) is 0 Å². The van der Waals surface area contributed by atoms with Crippen LogP contribution in [0.25, 0.3) is 0 Å². The van der Waals surface area contributed by atoms with Gasteiger partial charge in [0.05, 0.1) is 6.42 Å². The van der Waals surface area contributed by atoms with Crippen molar-refractivity contribution in [2.75, 3.05) is 0 Å². The van der Waals surface area contributed by atoms with Crippen LogP contribution < -0.4 is 4.74 Å². The van der Waals surface area contributed by atoms with E-state index in [0.29, 0.717) is 6.61 Å². The van der Waals surface area contributed by atoms with Gasteiger partial charge in [-0.15, -0.1) is 0 Å². The fourth-order valence-electron chi connectivity index (χ4n) is 5.26. The SMILES string of the molecule is CCC1(C)CCC(C)(C)c2ccc(COc3ccc([C@H](CC(=O)O)c4ccc(F)cc4)cc3)cc21. The number of rotatable bonds is 8. The third kappa shape index (κ3) is 5.42. The zero-order chi connectivity index (χ0) is 25.2. The maximum atomic E-state index is 13.4. The summed E-state index contributed by atoms with van der Waals surface area (Å²) in [7, 11) is 0. The number of fused-ring (bicyclic) bond motifs is 1. The molecule has 1 aliphatic rings. The predicted molar refractivity (Wildman–Crippen MR) is 138 cm³/mol. The number of benzene rings is 3. The number of hydrogen-bond acceptors (Lipinski definition) is 2. The van der Waals surface area contributed by atoms with Crippen LogP contribution in [0.5, 0.6) is 5.75 Å². The van der Waals surface area contributed by atoms with Crippen molar-refractivity contribution in [3.8, 4) is 5.75 Å². The van der Waals surface area contributed by atoms with E-state index in [1.165, 1.54) is 36.1 Å². The van der Waals surface area contributed by atoms with Crippen molar-refractivity contribution in [1.29, 1.82) is 0 Å². The average Bonchev–Trinajstić information content (AvgIpc) is 2.85. The molecule has 35 heavy (non-hydrogen) atoms. The van der Waals surface area contributed by atoms with Gasteiger partial charge in [0.25, 0.3) is 0 Å². The Labute approximate surface area is 208 Å². The van der Waals surface area contributed by atoms with Gasteiger partial charge in [-0.05, 0) is 82.2 Å². The number of carboxylic acids is 1. The number of aliphatic carboxylic acids is 1. The van der Waals surface area contributed by atoms with Crippen LogP contribution in [-0.2, 0) is 22.2 Å². The minimum absolute atomic E-state index is 0.0620. The Hall–Kier alpha value is -3.14. The molecule has 3 nitrogen and oxygen atoms in total. The van der Waals surface area contributed by atoms with E-state index in [1.54, 1.807) is 12.1 Å². The number of carbonyl (C=O) groups is 1. The summed E-state index contributed by atoms with van der Waals surface area (Å²) in [5.41, 5.74) is 6.08. The smallest absolute Gasteiger partial charge is 0.304 e. The molecule has 0 saturated carbocycles. The molecule has 4 rings (SSSR count). The summed E-state index contributed by atoms with van der Waals surface area (Å²) in [6, 6.07) is 20.4. The molecule has 1 aliphatic carbocycles. The van der Waals surface area contributed by atoms with Crippen LogP contribution in [-0.4, -0.2) is 11.1 Å². The lowest BCUT2D eigenvalue weighted by Gasteiger charge is -2.43. The summed E-state index contributed by atoms with van der Waals surface area (Å²) < 4.78 is 19.5. The van der Waals surface area contributed by atoms with Gasteiger partial charge in [0, 0.05) is 5.92 Å². The summed E-state index contributed by atoms with van der Waals surface area (Å²) >= 11 is 0. The van der Waals surface area contributed by atoms with Crippen LogP contribution in [0.2, 0.25) is 0 Å². The van der Waals surface area contributed by atoms with Crippen LogP contribution in [0.1, 0.15) is 87.1 Å². The Balaban J connectivity index is 1.51. The highest BCUT2D eigenvalue weighted by Gasteiger charge is 2.38. The van der Waals surface area contributed by atoms with E-state index in [1.807, 2.05) is 24.3 Å². The molecule has 3 aromatic rings. The maximum absolute atomic E-state index is 13.4. The molecule has 184 valence electrons. The third-order valence-electron chi connectivity index (χ3n) is 7.88. The van der Waals surface area contributed by atoms with Gasteiger partial charge in [0.2, 0.25) is 0 Å². The highest BCUT2D eigenvalue weighted by molar-refractivity contribution is 5.69.